The van der Waals surface area contributed by atoms with Gasteiger partial charge in [0.2, 0.25) is 5.91 Å². The molecule has 7 heteroatoms. The number of hydrogen-bond donors (Lipinski definition) is 1. The summed E-state index contributed by atoms with van der Waals surface area (Å²) in [6.07, 6.45) is 1.49. The number of aromatic nitrogens is 2. The van der Waals surface area contributed by atoms with Gasteiger partial charge in [0.1, 0.15) is 0 Å². The minimum atomic E-state index is -0.316. The highest BCUT2D eigenvalue weighted by molar-refractivity contribution is 6.29. The maximum Gasteiger partial charge on any atom is 0.272 e. The molecule has 0 aliphatic carbocycles. The summed E-state index contributed by atoms with van der Waals surface area (Å²) in [7, 11) is 0. The van der Waals surface area contributed by atoms with E-state index in [0.717, 1.165) is 13.0 Å². The van der Waals surface area contributed by atoms with E-state index in [9.17, 15) is 9.59 Å². The largest absolute Gasteiger partial charge is 0.346 e. The molecule has 1 aliphatic heterocycles. The molecule has 1 aliphatic rings. The molecular formula is C12H15ClN4O2. The van der Waals surface area contributed by atoms with Gasteiger partial charge >= 0.3 is 0 Å². The predicted molar refractivity (Wildman–Crippen MR) is 69.8 cm³/mol. The van der Waals surface area contributed by atoms with Gasteiger partial charge in [0.25, 0.3) is 5.91 Å². The van der Waals surface area contributed by atoms with Crippen LogP contribution < -0.4 is 5.32 Å². The summed E-state index contributed by atoms with van der Waals surface area (Å²) < 4.78 is 0. The first-order valence-electron chi connectivity index (χ1n) is 6.14. The van der Waals surface area contributed by atoms with E-state index in [1.54, 1.807) is 4.90 Å². The van der Waals surface area contributed by atoms with Crippen LogP contribution in [0.15, 0.2) is 12.1 Å². The van der Waals surface area contributed by atoms with Crippen LogP contribution in [0.5, 0.6) is 0 Å². The molecular weight excluding hydrogens is 268 g/mol. The van der Waals surface area contributed by atoms with E-state index >= 15 is 0 Å². The van der Waals surface area contributed by atoms with Crippen molar-refractivity contribution in [1.29, 1.82) is 0 Å². The van der Waals surface area contributed by atoms with Crippen molar-refractivity contribution in [1.82, 2.24) is 20.4 Å². The van der Waals surface area contributed by atoms with Crippen molar-refractivity contribution in [3.8, 4) is 0 Å². The van der Waals surface area contributed by atoms with E-state index in [4.69, 9.17) is 11.6 Å². The monoisotopic (exact) mass is 282 g/mol. The lowest BCUT2D eigenvalue weighted by Gasteiger charge is -2.21. The molecule has 1 saturated heterocycles. The summed E-state index contributed by atoms with van der Waals surface area (Å²) >= 11 is 5.60. The molecule has 19 heavy (non-hydrogen) atoms. The molecule has 1 aromatic heterocycles. The lowest BCUT2D eigenvalue weighted by Crippen LogP contribution is -2.42. The van der Waals surface area contributed by atoms with Gasteiger partial charge in [-0.25, -0.2) is 0 Å². The highest BCUT2D eigenvalue weighted by Gasteiger charge is 2.22. The lowest BCUT2D eigenvalue weighted by molar-refractivity contribution is -0.127. The first kappa shape index (κ1) is 13.7. The number of rotatable bonds is 4. The molecule has 1 N–H and O–H groups in total. The smallest absolute Gasteiger partial charge is 0.272 e. The minimum absolute atomic E-state index is 0.132. The first-order valence-corrected chi connectivity index (χ1v) is 6.52. The van der Waals surface area contributed by atoms with Crippen molar-refractivity contribution in [2.45, 2.75) is 25.8 Å². The third-order valence-electron chi connectivity index (χ3n) is 2.91. The summed E-state index contributed by atoms with van der Waals surface area (Å²) in [6, 6.07) is 2.89. The number of likely N-dealkylation sites (tertiary alicyclic amines) is 1. The van der Waals surface area contributed by atoms with Gasteiger partial charge in [-0.3, -0.25) is 9.59 Å². The zero-order valence-corrected chi connectivity index (χ0v) is 11.4. The third-order valence-corrected chi connectivity index (χ3v) is 3.11. The van der Waals surface area contributed by atoms with Gasteiger partial charge in [0, 0.05) is 25.6 Å². The molecule has 0 spiro atoms. The van der Waals surface area contributed by atoms with E-state index < -0.39 is 0 Å². The van der Waals surface area contributed by atoms with Crippen LogP contribution in [0.4, 0.5) is 0 Å². The molecule has 2 heterocycles. The van der Waals surface area contributed by atoms with Crippen molar-refractivity contribution >= 4 is 23.4 Å². The van der Waals surface area contributed by atoms with Crippen LogP contribution in [0.1, 0.15) is 30.3 Å². The van der Waals surface area contributed by atoms with Gasteiger partial charge in [0.15, 0.2) is 10.8 Å². The number of nitrogens with one attached hydrogen (secondary N) is 1. The number of carbonyl (C=O) groups excluding carboxylic acids is 2. The molecule has 1 unspecified atom stereocenters. The second-order valence-corrected chi connectivity index (χ2v) is 4.95. The fourth-order valence-electron chi connectivity index (χ4n) is 2.01. The van der Waals surface area contributed by atoms with Crippen LogP contribution in [-0.4, -0.2) is 46.0 Å². The highest BCUT2D eigenvalue weighted by atomic mass is 35.5. The van der Waals surface area contributed by atoms with Crippen molar-refractivity contribution in [3.63, 3.8) is 0 Å². The standard InChI is InChI=1S/C12H15ClN4O2/c1-8(7-17-6-2-3-11(17)18)14-12(19)9-4-5-10(13)16-15-9/h4-5,8H,2-3,6-7H2,1H3,(H,14,19). The normalized spacial score (nSPS) is 16.5. The average Bonchev–Trinajstić information content (AvgIpc) is 2.75. The van der Waals surface area contributed by atoms with E-state index in [-0.39, 0.29) is 28.7 Å². The van der Waals surface area contributed by atoms with E-state index in [0.29, 0.717) is 13.0 Å². The Hall–Kier alpha value is -1.69. The molecule has 6 nitrogen and oxygen atoms in total. The fourth-order valence-corrected chi connectivity index (χ4v) is 2.11. The third kappa shape index (κ3) is 3.64. The maximum absolute atomic E-state index is 11.9. The van der Waals surface area contributed by atoms with Gasteiger partial charge < -0.3 is 10.2 Å². The Morgan fingerprint density at radius 2 is 2.32 bits per heavy atom. The molecule has 2 rings (SSSR count). The van der Waals surface area contributed by atoms with Gasteiger partial charge in [-0.05, 0) is 25.5 Å². The molecule has 1 aromatic rings. The Morgan fingerprint density at radius 1 is 1.53 bits per heavy atom. The number of hydrogen-bond acceptors (Lipinski definition) is 4. The van der Waals surface area contributed by atoms with Crippen LogP contribution >= 0.6 is 11.6 Å². The molecule has 102 valence electrons. The molecule has 1 fully saturated rings. The average molecular weight is 283 g/mol. The van der Waals surface area contributed by atoms with Crippen LogP contribution in [0.3, 0.4) is 0 Å². The van der Waals surface area contributed by atoms with Crippen LogP contribution in [0, 0.1) is 0 Å². The predicted octanol–water partition coefficient (Wildman–Crippen LogP) is 0.871. The van der Waals surface area contributed by atoms with E-state index in [1.807, 2.05) is 6.92 Å². The Bertz CT molecular complexity index is 477. The summed E-state index contributed by atoms with van der Waals surface area (Å²) in [5.41, 5.74) is 0.212. The quantitative estimate of drug-likeness (QED) is 0.889. The van der Waals surface area contributed by atoms with Crippen molar-refractivity contribution < 1.29 is 9.59 Å². The molecule has 1 atom stereocenters. The highest BCUT2D eigenvalue weighted by Crippen LogP contribution is 2.10. The second kappa shape index (κ2) is 5.97. The van der Waals surface area contributed by atoms with E-state index in [1.165, 1.54) is 12.1 Å². The fraction of sp³-hybridized carbons (Fsp3) is 0.500. The molecule has 0 saturated carbocycles. The van der Waals surface area contributed by atoms with Crippen molar-refractivity contribution in [2.24, 2.45) is 0 Å². The number of amides is 2. The van der Waals surface area contributed by atoms with Gasteiger partial charge in [0.05, 0.1) is 0 Å². The summed E-state index contributed by atoms with van der Waals surface area (Å²) in [5.74, 6) is -0.171. The van der Waals surface area contributed by atoms with Crippen molar-refractivity contribution in [3.05, 3.63) is 23.0 Å². The Balaban J connectivity index is 1.87. The maximum atomic E-state index is 11.9. The Labute approximate surface area is 116 Å². The minimum Gasteiger partial charge on any atom is -0.346 e. The van der Waals surface area contributed by atoms with Crippen LogP contribution in [-0.2, 0) is 4.79 Å². The van der Waals surface area contributed by atoms with E-state index in [2.05, 4.69) is 15.5 Å². The Morgan fingerprint density at radius 3 is 2.89 bits per heavy atom. The zero-order valence-electron chi connectivity index (χ0n) is 10.6. The molecule has 0 radical (unpaired) electrons. The summed E-state index contributed by atoms with van der Waals surface area (Å²) in [4.78, 5) is 25.1. The SMILES string of the molecule is CC(CN1CCCC1=O)NC(=O)c1ccc(Cl)nn1. The summed E-state index contributed by atoms with van der Waals surface area (Å²) in [6.45, 7) is 3.14. The van der Waals surface area contributed by atoms with Gasteiger partial charge in [-0.1, -0.05) is 11.6 Å². The first-order chi connectivity index (χ1) is 9.06. The summed E-state index contributed by atoms with van der Waals surface area (Å²) in [5, 5.41) is 10.3. The van der Waals surface area contributed by atoms with Crippen molar-refractivity contribution in [2.75, 3.05) is 13.1 Å². The number of nitrogens with zero attached hydrogens (tertiary/aromatic N) is 3. The van der Waals surface area contributed by atoms with Crippen LogP contribution in [0.25, 0.3) is 0 Å². The number of carbonyl (C=O) groups is 2. The van der Waals surface area contributed by atoms with Gasteiger partial charge in [-0.15, -0.1) is 10.2 Å². The topological polar surface area (TPSA) is 75.2 Å². The molecule has 0 aromatic carbocycles. The van der Waals surface area contributed by atoms with Gasteiger partial charge in [-0.2, -0.15) is 0 Å². The lowest BCUT2D eigenvalue weighted by atomic mass is 10.3. The molecule has 2 amide bonds. The number of halogens is 1. The second-order valence-electron chi connectivity index (χ2n) is 4.56. The van der Waals surface area contributed by atoms with Crippen LogP contribution in [0.2, 0.25) is 5.15 Å². The Kier molecular flexibility index (Phi) is 4.31. The molecule has 0 bridgehead atoms. The zero-order chi connectivity index (χ0) is 13.8.